The molecule has 0 N–H and O–H groups in total. The molecule has 0 unspecified atom stereocenters. The lowest BCUT2D eigenvalue weighted by molar-refractivity contribution is 0.171. The van der Waals surface area contributed by atoms with Gasteiger partial charge in [-0.3, -0.25) is 4.99 Å². The third-order valence-electron chi connectivity index (χ3n) is 6.29. The number of nitrogens with zero attached hydrogens (tertiary/aromatic N) is 1. The summed E-state index contributed by atoms with van der Waals surface area (Å²) >= 11 is 0. The van der Waals surface area contributed by atoms with E-state index in [0.717, 1.165) is 37.5 Å². The molecule has 2 saturated carbocycles. The van der Waals surface area contributed by atoms with Crippen LogP contribution in [0.3, 0.4) is 0 Å². The van der Waals surface area contributed by atoms with Crippen molar-refractivity contribution in [3.63, 3.8) is 0 Å². The van der Waals surface area contributed by atoms with Crippen LogP contribution in [0.4, 0.5) is 14.5 Å². The molecule has 3 heteroatoms. The van der Waals surface area contributed by atoms with Crippen molar-refractivity contribution in [2.45, 2.75) is 57.3 Å². The maximum absolute atomic E-state index is 14.3. The van der Waals surface area contributed by atoms with E-state index in [9.17, 15) is 8.78 Å². The minimum Gasteiger partial charge on any atom is -0.261 e. The molecule has 0 bridgehead atoms. The first-order valence-electron chi connectivity index (χ1n) is 9.21. The van der Waals surface area contributed by atoms with Gasteiger partial charge >= 0.3 is 0 Å². The molecule has 0 radical (unpaired) electrons. The van der Waals surface area contributed by atoms with Gasteiger partial charge in [0.25, 0.3) is 0 Å². The normalized spacial score (nSPS) is 30.8. The zero-order chi connectivity index (χ0) is 17.1. The molecule has 0 amide bonds. The highest BCUT2D eigenvalue weighted by Gasteiger charge is 2.32. The van der Waals surface area contributed by atoms with Gasteiger partial charge in [0.1, 0.15) is 5.69 Å². The van der Waals surface area contributed by atoms with E-state index in [1.54, 1.807) is 12.1 Å². The monoisotopic (exact) mass is 331 g/mol. The summed E-state index contributed by atoms with van der Waals surface area (Å²) in [5, 5.41) is 0. The molecule has 1 aromatic carbocycles. The topological polar surface area (TPSA) is 12.4 Å². The predicted octanol–water partition coefficient (Wildman–Crippen LogP) is 6.56. The third-order valence-corrected chi connectivity index (χ3v) is 6.29. The van der Waals surface area contributed by atoms with Crippen LogP contribution in [0.25, 0.3) is 0 Å². The maximum Gasteiger partial charge on any atom is 0.184 e. The van der Waals surface area contributed by atoms with Gasteiger partial charge in [-0.2, -0.15) is 0 Å². The molecule has 2 aliphatic rings. The molecule has 24 heavy (non-hydrogen) atoms. The van der Waals surface area contributed by atoms with Crippen LogP contribution >= 0.6 is 0 Å². The molecule has 1 aromatic rings. The Kier molecular flexibility index (Phi) is 5.47. The first-order valence-corrected chi connectivity index (χ1v) is 9.21. The highest BCUT2D eigenvalue weighted by molar-refractivity contribution is 5.48. The summed E-state index contributed by atoms with van der Waals surface area (Å²) in [4.78, 5) is 3.53. The third kappa shape index (κ3) is 3.45. The number of aliphatic imine (C=N–C) groups is 1. The van der Waals surface area contributed by atoms with Crippen molar-refractivity contribution >= 4 is 12.4 Å². The van der Waals surface area contributed by atoms with Crippen LogP contribution < -0.4 is 0 Å². The van der Waals surface area contributed by atoms with E-state index in [0.29, 0.717) is 11.5 Å². The minimum absolute atomic E-state index is 0.00362. The van der Waals surface area contributed by atoms with Crippen molar-refractivity contribution in [2.75, 3.05) is 0 Å². The summed E-state index contributed by atoms with van der Waals surface area (Å²) < 4.78 is 28.2. The van der Waals surface area contributed by atoms with Crippen LogP contribution in [0, 0.1) is 29.4 Å². The Morgan fingerprint density at radius 1 is 0.875 bits per heavy atom. The lowest BCUT2D eigenvalue weighted by Crippen LogP contribution is -2.25. The molecule has 2 aliphatic carbocycles. The molecule has 1 nitrogen and oxygen atoms in total. The number of allylic oxidation sites excluding steroid dienone is 1. The number of hydrogen-bond acceptors (Lipinski definition) is 1. The second-order valence-corrected chi connectivity index (χ2v) is 7.48. The summed E-state index contributed by atoms with van der Waals surface area (Å²) in [5.41, 5.74) is 0.526. The summed E-state index contributed by atoms with van der Waals surface area (Å²) in [7, 11) is 0. The van der Waals surface area contributed by atoms with Gasteiger partial charge in [-0.15, -0.1) is 6.58 Å². The van der Waals surface area contributed by atoms with Crippen LogP contribution in [0.15, 0.2) is 29.8 Å². The average Bonchev–Trinajstić information content (AvgIpc) is 2.64. The van der Waals surface area contributed by atoms with Gasteiger partial charge < -0.3 is 0 Å². The summed E-state index contributed by atoms with van der Waals surface area (Å²) in [6.45, 7) is 7.20. The van der Waals surface area contributed by atoms with Crippen LogP contribution in [0.1, 0.15) is 62.8 Å². The molecule has 0 atom stereocenters. The number of halogens is 2. The molecule has 0 heterocycles. The fourth-order valence-electron chi connectivity index (χ4n) is 4.75. The highest BCUT2D eigenvalue weighted by atomic mass is 19.2. The SMILES string of the molecule is C=CC1CCC(C2CCC(c3ccc(N=C)c(F)c3F)CC2)CC1. The number of benzene rings is 1. The van der Waals surface area contributed by atoms with Crippen molar-refractivity contribution < 1.29 is 8.78 Å². The fourth-order valence-corrected chi connectivity index (χ4v) is 4.75. The Balaban J connectivity index is 1.60. The fraction of sp³-hybridized carbons (Fsp3) is 0.571. The predicted molar refractivity (Wildman–Crippen MR) is 95.9 cm³/mol. The molecule has 0 aliphatic heterocycles. The van der Waals surface area contributed by atoms with E-state index >= 15 is 0 Å². The van der Waals surface area contributed by atoms with Crippen molar-refractivity contribution in [1.29, 1.82) is 0 Å². The summed E-state index contributed by atoms with van der Waals surface area (Å²) in [5.74, 6) is 0.832. The quantitative estimate of drug-likeness (QED) is 0.437. The molecule has 0 spiro atoms. The second-order valence-electron chi connectivity index (χ2n) is 7.48. The van der Waals surface area contributed by atoms with E-state index in [-0.39, 0.29) is 11.6 Å². The van der Waals surface area contributed by atoms with E-state index in [4.69, 9.17) is 0 Å². The largest absolute Gasteiger partial charge is 0.261 e. The van der Waals surface area contributed by atoms with E-state index in [1.807, 2.05) is 0 Å². The highest BCUT2D eigenvalue weighted by Crippen LogP contribution is 2.44. The Hall–Kier alpha value is -1.51. The van der Waals surface area contributed by atoms with Gasteiger partial charge in [0, 0.05) is 0 Å². The van der Waals surface area contributed by atoms with Gasteiger partial charge in [-0.1, -0.05) is 12.1 Å². The number of hydrogen-bond donors (Lipinski definition) is 0. The lowest BCUT2D eigenvalue weighted by atomic mass is 9.68. The van der Waals surface area contributed by atoms with E-state index in [2.05, 4.69) is 24.4 Å². The molecule has 0 saturated heterocycles. The van der Waals surface area contributed by atoms with Gasteiger partial charge in [0.2, 0.25) is 0 Å². The summed E-state index contributed by atoms with van der Waals surface area (Å²) in [6.07, 6.45) is 11.4. The first kappa shape index (κ1) is 17.3. The van der Waals surface area contributed by atoms with Crippen LogP contribution in [-0.4, -0.2) is 6.72 Å². The Labute approximate surface area is 143 Å². The van der Waals surface area contributed by atoms with Crippen LogP contribution in [0.5, 0.6) is 0 Å². The minimum atomic E-state index is -0.854. The van der Waals surface area contributed by atoms with Gasteiger partial charge in [-0.25, -0.2) is 8.78 Å². The Bertz CT molecular complexity index is 594. The average molecular weight is 331 g/mol. The molecule has 2 fully saturated rings. The van der Waals surface area contributed by atoms with Crippen molar-refractivity contribution in [2.24, 2.45) is 22.7 Å². The Morgan fingerprint density at radius 3 is 2.00 bits per heavy atom. The van der Waals surface area contributed by atoms with Gasteiger partial charge in [-0.05, 0) is 93.4 Å². The van der Waals surface area contributed by atoms with Gasteiger partial charge in [0.15, 0.2) is 11.6 Å². The standard InChI is InChI=1S/C21H27F2N/c1-3-14-4-6-15(7-5-14)16-8-10-17(11-9-16)18-12-13-19(24-2)21(23)20(18)22/h3,12-17H,1-2,4-11H2. The van der Waals surface area contributed by atoms with E-state index < -0.39 is 11.6 Å². The van der Waals surface area contributed by atoms with Crippen LogP contribution in [-0.2, 0) is 0 Å². The first-order chi connectivity index (χ1) is 11.6. The van der Waals surface area contributed by atoms with E-state index in [1.165, 1.54) is 25.7 Å². The van der Waals surface area contributed by atoms with Crippen molar-refractivity contribution in [3.8, 4) is 0 Å². The summed E-state index contributed by atoms with van der Waals surface area (Å²) in [6, 6.07) is 3.24. The lowest BCUT2D eigenvalue weighted by Gasteiger charge is -2.37. The van der Waals surface area contributed by atoms with Crippen molar-refractivity contribution in [3.05, 3.63) is 42.0 Å². The van der Waals surface area contributed by atoms with Crippen molar-refractivity contribution in [1.82, 2.24) is 0 Å². The molecular weight excluding hydrogens is 304 g/mol. The molecule has 130 valence electrons. The Morgan fingerprint density at radius 2 is 1.46 bits per heavy atom. The molecule has 0 aromatic heterocycles. The smallest absolute Gasteiger partial charge is 0.184 e. The zero-order valence-corrected chi connectivity index (χ0v) is 14.3. The van der Waals surface area contributed by atoms with Crippen LogP contribution in [0.2, 0.25) is 0 Å². The molecular formula is C21H27F2N. The van der Waals surface area contributed by atoms with Gasteiger partial charge in [0.05, 0.1) is 0 Å². The second kappa shape index (κ2) is 7.58. The molecule has 3 rings (SSSR count). The number of rotatable bonds is 4. The zero-order valence-electron chi connectivity index (χ0n) is 14.3. The maximum atomic E-state index is 14.3.